The van der Waals surface area contributed by atoms with Crippen molar-refractivity contribution in [1.82, 2.24) is 9.97 Å². The van der Waals surface area contributed by atoms with E-state index in [4.69, 9.17) is 5.73 Å². The summed E-state index contributed by atoms with van der Waals surface area (Å²) in [4.78, 5) is 19.1. The number of rotatable bonds is 7. The molecule has 1 aromatic carbocycles. The number of anilines is 2. The molecule has 3 rings (SSSR count). The molecule has 0 saturated heterocycles. The topological polar surface area (TPSA) is 139 Å². The van der Waals surface area contributed by atoms with Gasteiger partial charge in [-0.2, -0.15) is 4.98 Å². The Balaban J connectivity index is 1.64. The summed E-state index contributed by atoms with van der Waals surface area (Å²) in [5.41, 5.74) is 6.72. The minimum Gasteiger partial charge on any atom is -0.508 e. The van der Waals surface area contributed by atoms with Gasteiger partial charge in [0.15, 0.2) is 0 Å². The van der Waals surface area contributed by atoms with Crippen molar-refractivity contribution < 1.29 is 10.0 Å². The monoisotopic (exact) mass is 372 g/mol. The van der Waals surface area contributed by atoms with E-state index < -0.39 is 4.92 Å². The molecule has 1 aromatic heterocycles. The van der Waals surface area contributed by atoms with Crippen molar-refractivity contribution in [2.45, 2.75) is 38.3 Å². The Morgan fingerprint density at radius 2 is 1.89 bits per heavy atom. The maximum absolute atomic E-state index is 11.3. The van der Waals surface area contributed by atoms with E-state index >= 15 is 0 Å². The molecule has 1 aliphatic rings. The van der Waals surface area contributed by atoms with Gasteiger partial charge in [0, 0.05) is 19.1 Å². The average Bonchev–Trinajstić information content (AvgIpc) is 2.67. The fraction of sp³-hybridized carbons (Fsp3) is 0.444. The van der Waals surface area contributed by atoms with Crippen molar-refractivity contribution in [2.75, 3.05) is 17.2 Å². The van der Waals surface area contributed by atoms with Gasteiger partial charge >= 0.3 is 5.69 Å². The van der Waals surface area contributed by atoms with Crippen LogP contribution in [-0.2, 0) is 6.54 Å². The second kappa shape index (κ2) is 8.63. The smallest absolute Gasteiger partial charge is 0.329 e. The normalized spacial score (nSPS) is 19.4. The molecule has 0 unspecified atom stereocenters. The number of aromatic hydroxyl groups is 1. The van der Waals surface area contributed by atoms with Crippen LogP contribution in [0.1, 0.15) is 31.2 Å². The summed E-state index contributed by atoms with van der Waals surface area (Å²) >= 11 is 0. The number of benzene rings is 1. The second-order valence-corrected chi connectivity index (χ2v) is 6.87. The molecule has 9 nitrogen and oxygen atoms in total. The zero-order chi connectivity index (χ0) is 19.2. The molecule has 1 heterocycles. The molecular formula is C18H24N6O3. The molecule has 0 radical (unpaired) electrons. The number of aromatic nitrogens is 2. The molecule has 0 spiro atoms. The highest BCUT2D eigenvalue weighted by Gasteiger charge is 2.21. The van der Waals surface area contributed by atoms with E-state index in [0.717, 1.165) is 31.2 Å². The number of phenols is 1. The minimum atomic E-state index is -0.483. The van der Waals surface area contributed by atoms with E-state index in [1.54, 1.807) is 24.3 Å². The molecule has 9 heteroatoms. The first-order valence-electron chi connectivity index (χ1n) is 9.04. The molecule has 5 N–H and O–H groups in total. The molecular weight excluding hydrogens is 348 g/mol. The van der Waals surface area contributed by atoms with Crippen molar-refractivity contribution in [3.8, 4) is 5.75 Å². The highest BCUT2D eigenvalue weighted by atomic mass is 16.6. The van der Waals surface area contributed by atoms with Gasteiger partial charge in [-0.25, -0.2) is 4.98 Å². The molecule has 2 aromatic rings. The molecule has 1 fully saturated rings. The van der Waals surface area contributed by atoms with Crippen molar-refractivity contribution in [2.24, 2.45) is 11.7 Å². The molecule has 0 amide bonds. The Morgan fingerprint density at radius 3 is 2.56 bits per heavy atom. The van der Waals surface area contributed by atoms with E-state index in [-0.39, 0.29) is 23.3 Å². The van der Waals surface area contributed by atoms with Gasteiger partial charge < -0.3 is 21.5 Å². The van der Waals surface area contributed by atoms with Crippen LogP contribution < -0.4 is 16.4 Å². The van der Waals surface area contributed by atoms with Crippen LogP contribution >= 0.6 is 0 Å². The van der Waals surface area contributed by atoms with E-state index in [1.165, 1.54) is 6.20 Å². The van der Waals surface area contributed by atoms with Gasteiger partial charge in [-0.05, 0) is 49.3 Å². The number of nitrogens with one attached hydrogen (secondary N) is 2. The molecule has 0 atom stereocenters. The van der Waals surface area contributed by atoms with Gasteiger partial charge in [0.05, 0.1) is 4.92 Å². The summed E-state index contributed by atoms with van der Waals surface area (Å²) in [5.74, 6) is 1.16. The third-order valence-electron chi connectivity index (χ3n) is 4.80. The lowest BCUT2D eigenvalue weighted by Gasteiger charge is -2.26. The van der Waals surface area contributed by atoms with Crippen molar-refractivity contribution in [3.05, 3.63) is 46.1 Å². The molecule has 1 aliphatic carbocycles. The number of hydrogen-bond donors (Lipinski definition) is 4. The lowest BCUT2D eigenvalue weighted by atomic mass is 9.86. The largest absolute Gasteiger partial charge is 0.508 e. The predicted molar refractivity (Wildman–Crippen MR) is 103 cm³/mol. The SMILES string of the molecule is NC1CCC(CNc2nc(NCc3ccc(O)cc3)ncc2[N+](=O)[O-])CC1. The number of phenolic OH excluding ortho intramolecular Hbond substituents is 1. The van der Waals surface area contributed by atoms with Gasteiger partial charge in [0.25, 0.3) is 0 Å². The highest BCUT2D eigenvalue weighted by molar-refractivity contribution is 5.57. The van der Waals surface area contributed by atoms with Gasteiger partial charge in [-0.15, -0.1) is 0 Å². The summed E-state index contributed by atoms with van der Waals surface area (Å²) < 4.78 is 0. The van der Waals surface area contributed by atoms with Gasteiger partial charge in [-0.3, -0.25) is 10.1 Å². The lowest BCUT2D eigenvalue weighted by Crippen LogP contribution is -2.29. The van der Waals surface area contributed by atoms with E-state index in [2.05, 4.69) is 20.6 Å². The standard InChI is InChI=1S/C18H24N6O3/c19-14-5-1-12(2-6-14)9-20-17-16(24(26)27)11-22-18(23-17)21-10-13-3-7-15(25)8-4-13/h3-4,7-8,11-12,14,25H,1-2,5-6,9-10,19H2,(H2,20,21,22,23). The summed E-state index contributed by atoms with van der Waals surface area (Å²) in [6, 6.07) is 7.01. The van der Waals surface area contributed by atoms with Crippen molar-refractivity contribution in [3.63, 3.8) is 0 Å². The van der Waals surface area contributed by atoms with E-state index in [9.17, 15) is 15.2 Å². The summed E-state index contributed by atoms with van der Waals surface area (Å²) in [6.07, 6.45) is 5.21. The van der Waals surface area contributed by atoms with Crippen LogP contribution in [0.25, 0.3) is 0 Å². The first kappa shape index (κ1) is 18.8. The Hall–Kier alpha value is -2.94. The molecule has 0 aliphatic heterocycles. The van der Waals surface area contributed by atoms with Crippen molar-refractivity contribution in [1.29, 1.82) is 0 Å². The first-order chi connectivity index (χ1) is 13.0. The second-order valence-electron chi connectivity index (χ2n) is 6.87. The quantitative estimate of drug-likeness (QED) is 0.429. The van der Waals surface area contributed by atoms with Crippen LogP contribution in [-0.4, -0.2) is 32.6 Å². The van der Waals surface area contributed by atoms with Crippen LogP contribution in [0, 0.1) is 16.0 Å². The number of nitro groups is 1. The molecule has 27 heavy (non-hydrogen) atoms. The number of nitrogens with zero attached hydrogens (tertiary/aromatic N) is 3. The van der Waals surface area contributed by atoms with Crippen LogP contribution in [0.4, 0.5) is 17.5 Å². The van der Waals surface area contributed by atoms with Gasteiger partial charge in [-0.1, -0.05) is 12.1 Å². The summed E-state index contributed by atoms with van der Waals surface area (Å²) in [6.45, 7) is 1.07. The van der Waals surface area contributed by atoms with Crippen molar-refractivity contribution >= 4 is 17.5 Å². The molecule has 144 valence electrons. The maximum Gasteiger partial charge on any atom is 0.329 e. The number of hydrogen-bond acceptors (Lipinski definition) is 8. The van der Waals surface area contributed by atoms with Gasteiger partial charge in [0.1, 0.15) is 11.9 Å². The Labute approximate surface area is 157 Å². The van der Waals surface area contributed by atoms with Gasteiger partial charge in [0.2, 0.25) is 11.8 Å². The molecule has 0 bridgehead atoms. The van der Waals surface area contributed by atoms with Crippen LogP contribution in [0.5, 0.6) is 5.75 Å². The first-order valence-corrected chi connectivity index (χ1v) is 9.04. The predicted octanol–water partition coefficient (Wildman–Crippen LogP) is 2.63. The zero-order valence-corrected chi connectivity index (χ0v) is 15.0. The van der Waals surface area contributed by atoms with Crippen LogP contribution in [0.15, 0.2) is 30.5 Å². The van der Waals surface area contributed by atoms with Crippen LogP contribution in [0.3, 0.4) is 0 Å². The summed E-state index contributed by atoms with van der Waals surface area (Å²) in [7, 11) is 0. The number of nitrogens with two attached hydrogens (primary N) is 1. The summed E-state index contributed by atoms with van der Waals surface area (Å²) in [5, 5.41) is 26.7. The van der Waals surface area contributed by atoms with Crippen LogP contribution in [0.2, 0.25) is 0 Å². The third kappa shape index (κ3) is 5.27. The Kier molecular flexibility index (Phi) is 6.02. The zero-order valence-electron chi connectivity index (χ0n) is 15.0. The maximum atomic E-state index is 11.3. The lowest BCUT2D eigenvalue weighted by molar-refractivity contribution is -0.384. The highest BCUT2D eigenvalue weighted by Crippen LogP contribution is 2.26. The fourth-order valence-electron chi connectivity index (χ4n) is 3.15. The molecule has 1 saturated carbocycles. The Morgan fingerprint density at radius 1 is 1.19 bits per heavy atom. The third-order valence-corrected chi connectivity index (χ3v) is 4.80. The van der Waals surface area contributed by atoms with E-state index in [0.29, 0.717) is 25.0 Å². The minimum absolute atomic E-state index is 0.141. The Bertz CT molecular complexity index is 775. The fourth-order valence-corrected chi connectivity index (χ4v) is 3.15. The average molecular weight is 372 g/mol. The van der Waals surface area contributed by atoms with E-state index in [1.807, 2.05) is 0 Å².